The summed E-state index contributed by atoms with van der Waals surface area (Å²) in [6.45, 7) is 0. The largest absolute Gasteiger partial charge is 0.294 e. The Hall–Kier alpha value is -1.26. The molecule has 2 aromatic carbocycles. The topological polar surface area (TPSA) is 17.1 Å². The van der Waals surface area contributed by atoms with Gasteiger partial charge in [-0.1, -0.05) is 39.7 Å². The molecule has 0 N–H and O–H groups in total. The molecular formula is C14H8BrClF2O. The van der Waals surface area contributed by atoms with Crippen molar-refractivity contribution in [2.75, 3.05) is 0 Å². The molecule has 19 heavy (non-hydrogen) atoms. The number of hydrogen-bond acceptors (Lipinski definition) is 1. The molecule has 0 aliphatic rings. The zero-order valence-electron chi connectivity index (χ0n) is 9.59. The maximum atomic E-state index is 13.5. The molecule has 0 aliphatic heterocycles. The molecule has 0 atom stereocenters. The molecule has 98 valence electrons. The summed E-state index contributed by atoms with van der Waals surface area (Å²) in [6, 6.07) is 8.58. The van der Waals surface area contributed by atoms with Crippen LogP contribution < -0.4 is 0 Å². The van der Waals surface area contributed by atoms with Crippen molar-refractivity contribution in [2.24, 2.45) is 0 Å². The molecule has 1 nitrogen and oxygen atoms in total. The Kier molecular flexibility index (Phi) is 4.32. The van der Waals surface area contributed by atoms with E-state index in [0.29, 0.717) is 4.47 Å². The third-order valence-electron chi connectivity index (χ3n) is 2.61. The van der Waals surface area contributed by atoms with Crippen LogP contribution in [0.3, 0.4) is 0 Å². The predicted molar refractivity (Wildman–Crippen MR) is 73.5 cm³/mol. The van der Waals surface area contributed by atoms with Gasteiger partial charge in [0.1, 0.15) is 0 Å². The van der Waals surface area contributed by atoms with E-state index < -0.39 is 11.6 Å². The molecule has 2 rings (SSSR count). The van der Waals surface area contributed by atoms with Crippen LogP contribution in [-0.4, -0.2) is 5.78 Å². The summed E-state index contributed by atoms with van der Waals surface area (Å²) in [5.74, 6) is -2.33. The lowest BCUT2D eigenvalue weighted by atomic mass is 10.0. The molecule has 2 aromatic rings. The van der Waals surface area contributed by atoms with Crippen molar-refractivity contribution < 1.29 is 13.6 Å². The summed E-state index contributed by atoms with van der Waals surface area (Å²) in [5.41, 5.74) is 0.292. The highest BCUT2D eigenvalue weighted by Gasteiger charge is 2.15. The van der Waals surface area contributed by atoms with Gasteiger partial charge in [0, 0.05) is 16.5 Å². The van der Waals surface area contributed by atoms with Gasteiger partial charge in [-0.25, -0.2) is 8.78 Å². The second kappa shape index (κ2) is 5.80. The summed E-state index contributed by atoms with van der Waals surface area (Å²) in [7, 11) is 0. The number of Topliss-reactive ketones (excluding diaryl/α,β-unsaturated/α-hetero) is 1. The number of hydrogen-bond donors (Lipinski definition) is 0. The van der Waals surface area contributed by atoms with Crippen molar-refractivity contribution in [3.8, 4) is 0 Å². The summed E-state index contributed by atoms with van der Waals surface area (Å²) in [6.07, 6.45) is -0.236. The van der Waals surface area contributed by atoms with Gasteiger partial charge >= 0.3 is 0 Å². The van der Waals surface area contributed by atoms with Gasteiger partial charge in [0.25, 0.3) is 0 Å². The molecular weight excluding hydrogens is 338 g/mol. The van der Waals surface area contributed by atoms with Gasteiger partial charge in [-0.2, -0.15) is 0 Å². The summed E-state index contributed by atoms with van der Waals surface area (Å²) in [5, 5.41) is 0.282. The second-order valence-corrected chi connectivity index (χ2v) is 5.26. The van der Waals surface area contributed by atoms with Crippen LogP contribution in [0.15, 0.2) is 40.9 Å². The summed E-state index contributed by atoms with van der Waals surface area (Å²) in [4.78, 5) is 12.1. The van der Waals surface area contributed by atoms with Crippen LogP contribution in [0, 0.1) is 11.6 Å². The van der Waals surface area contributed by atoms with E-state index in [-0.39, 0.29) is 28.4 Å². The van der Waals surface area contributed by atoms with Gasteiger partial charge in [-0.15, -0.1) is 0 Å². The SMILES string of the molecule is O=C(Cc1cccc(F)c1F)c1cc(Br)ccc1Cl. The zero-order valence-corrected chi connectivity index (χ0v) is 11.9. The fourth-order valence-electron chi connectivity index (χ4n) is 1.66. The number of carbonyl (C=O) groups is 1. The highest BCUT2D eigenvalue weighted by Crippen LogP contribution is 2.23. The minimum Gasteiger partial charge on any atom is -0.294 e. The van der Waals surface area contributed by atoms with Crippen LogP contribution in [0.1, 0.15) is 15.9 Å². The molecule has 0 heterocycles. The standard InChI is InChI=1S/C14H8BrClF2O/c15-9-4-5-11(16)10(7-9)13(19)6-8-2-1-3-12(17)14(8)18/h1-5,7H,6H2. The van der Waals surface area contributed by atoms with Gasteiger partial charge < -0.3 is 0 Å². The summed E-state index contributed by atoms with van der Waals surface area (Å²) < 4.78 is 27.2. The van der Waals surface area contributed by atoms with E-state index in [1.54, 1.807) is 18.2 Å². The average molecular weight is 346 g/mol. The van der Waals surface area contributed by atoms with Crippen molar-refractivity contribution in [1.29, 1.82) is 0 Å². The molecule has 0 bridgehead atoms. The maximum absolute atomic E-state index is 13.5. The van der Waals surface area contributed by atoms with E-state index in [2.05, 4.69) is 15.9 Å². The lowest BCUT2D eigenvalue weighted by Gasteiger charge is -2.06. The van der Waals surface area contributed by atoms with Gasteiger partial charge in [0.2, 0.25) is 0 Å². The molecule has 0 saturated heterocycles. The number of halogens is 4. The van der Waals surface area contributed by atoms with Crippen molar-refractivity contribution in [2.45, 2.75) is 6.42 Å². The number of benzene rings is 2. The Morgan fingerprint density at radius 3 is 2.68 bits per heavy atom. The van der Waals surface area contributed by atoms with Crippen LogP contribution in [-0.2, 0) is 6.42 Å². The van der Waals surface area contributed by atoms with Crippen molar-refractivity contribution in [3.63, 3.8) is 0 Å². The molecule has 0 saturated carbocycles. The Balaban J connectivity index is 2.31. The summed E-state index contributed by atoms with van der Waals surface area (Å²) >= 11 is 9.15. The molecule has 0 unspecified atom stereocenters. The van der Waals surface area contributed by atoms with Gasteiger partial charge in [-0.3, -0.25) is 4.79 Å². The van der Waals surface area contributed by atoms with E-state index >= 15 is 0 Å². The molecule has 0 amide bonds. The van der Waals surface area contributed by atoms with Crippen LogP contribution in [0.5, 0.6) is 0 Å². The number of ketones is 1. The lowest BCUT2D eigenvalue weighted by Crippen LogP contribution is -2.07. The van der Waals surface area contributed by atoms with E-state index in [4.69, 9.17) is 11.6 Å². The highest BCUT2D eigenvalue weighted by atomic mass is 79.9. The average Bonchev–Trinajstić information content (AvgIpc) is 2.38. The maximum Gasteiger partial charge on any atom is 0.168 e. The van der Waals surface area contributed by atoms with Crippen LogP contribution in [0.2, 0.25) is 5.02 Å². The third-order valence-corrected chi connectivity index (χ3v) is 3.43. The highest BCUT2D eigenvalue weighted by molar-refractivity contribution is 9.10. The molecule has 0 fully saturated rings. The Bertz CT molecular complexity index is 643. The predicted octanol–water partition coefficient (Wildman–Crippen LogP) is 4.81. The first kappa shape index (κ1) is 14.2. The van der Waals surface area contributed by atoms with Gasteiger partial charge in [0.05, 0.1) is 5.02 Å². The monoisotopic (exact) mass is 344 g/mol. The number of carbonyl (C=O) groups excluding carboxylic acids is 1. The minimum absolute atomic E-state index is 0.0149. The first-order valence-corrected chi connectivity index (χ1v) is 6.57. The van der Waals surface area contributed by atoms with Gasteiger partial charge in [0.15, 0.2) is 17.4 Å². The third kappa shape index (κ3) is 3.19. The molecule has 0 aromatic heterocycles. The van der Waals surface area contributed by atoms with Crippen molar-refractivity contribution in [3.05, 3.63) is 68.7 Å². The molecule has 0 radical (unpaired) electrons. The second-order valence-electron chi connectivity index (χ2n) is 3.94. The van der Waals surface area contributed by atoms with Crippen molar-refractivity contribution >= 4 is 33.3 Å². The van der Waals surface area contributed by atoms with E-state index in [9.17, 15) is 13.6 Å². The Morgan fingerprint density at radius 2 is 1.95 bits per heavy atom. The van der Waals surface area contributed by atoms with Gasteiger partial charge in [-0.05, 0) is 29.8 Å². The fraction of sp³-hybridized carbons (Fsp3) is 0.0714. The molecule has 0 spiro atoms. The molecule has 5 heteroatoms. The van der Waals surface area contributed by atoms with Crippen LogP contribution >= 0.6 is 27.5 Å². The Morgan fingerprint density at radius 1 is 1.21 bits per heavy atom. The minimum atomic E-state index is -0.998. The molecule has 0 aliphatic carbocycles. The Labute approximate surface area is 122 Å². The van der Waals surface area contributed by atoms with Crippen molar-refractivity contribution in [1.82, 2.24) is 0 Å². The number of rotatable bonds is 3. The van der Waals surface area contributed by atoms with E-state index in [0.717, 1.165) is 6.07 Å². The van der Waals surface area contributed by atoms with E-state index in [1.165, 1.54) is 12.1 Å². The smallest absolute Gasteiger partial charge is 0.168 e. The lowest BCUT2D eigenvalue weighted by molar-refractivity contribution is 0.0992. The first-order chi connectivity index (χ1) is 8.99. The van der Waals surface area contributed by atoms with Crippen LogP contribution in [0.4, 0.5) is 8.78 Å². The normalized spacial score (nSPS) is 10.5. The van der Waals surface area contributed by atoms with E-state index in [1.807, 2.05) is 0 Å². The van der Waals surface area contributed by atoms with Crippen LogP contribution in [0.25, 0.3) is 0 Å². The quantitative estimate of drug-likeness (QED) is 0.730. The first-order valence-electron chi connectivity index (χ1n) is 5.40. The fourth-order valence-corrected chi connectivity index (χ4v) is 2.25. The zero-order chi connectivity index (χ0) is 14.0.